The third-order valence-electron chi connectivity index (χ3n) is 5.06. The van der Waals surface area contributed by atoms with E-state index in [0.29, 0.717) is 31.2 Å². The van der Waals surface area contributed by atoms with Gasteiger partial charge in [0.25, 0.3) is 11.8 Å². The van der Waals surface area contributed by atoms with Crippen LogP contribution < -0.4 is 4.74 Å². The Morgan fingerprint density at radius 3 is 2.81 bits per heavy atom. The van der Waals surface area contributed by atoms with Crippen LogP contribution in [-0.4, -0.2) is 46.2 Å². The van der Waals surface area contributed by atoms with Gasteiger partial charge in [0.2, 0.25) is 0 Å². The molecule has 1 saturated heterocycles. The maximum atomic E-state index is 12.6. The van der Waals surface area contributed by atoms with Gasteiger partial charge in [-0.2, -0.15) is 4.98 Å². The molecule has 138 valence electrons. The Balaban J connectivity index is 1.26. The van der Waals surface area contributed by atoms with E-state index >= 15 is 0 Å². The largest absolute Gasteiger partial charge is 0.480 e. The summed E-state index contributed by atoms with van der Waals surface area (Å²) in [4.78, 5) is 18.6. The van der Waals surface area contributed by atoms with Crippen molar-refractivity contribution in [1.82, 2.24) is 15.0 Å². The zero-order valence-electron chi connectivity index (χ0n) is 15.3. The average molecular weight is 357 g/mol. The maximum Gasteiger partial charge on any atom is 0.264 e. The van der Waals surface area contributed by atoms with Crippen molar-refractivity contribution in [3.63, 3.8) is 0 Å². The number of aryl methyl sites for hydroxylation is 3. The molecule has 1 aromatic heterocycles. The highest BCUT2D eigenvalue weighted by molar-refractivity contribution is 5.83. The highest BCUT2D eigenvalue weighted by Gasteiger charge is 2.39. The van der Waals surface area contributed by atoms with Gasteiger partial charge in [-0.05, 0) is 36.6 Å². The lowest BCUT2D eigenvalue weighted by Gasteiger charge is -2.39. The van der Waals surface area contributed by atoms with Gasteiger partial charge < -0.3 is 18.9 Å². The zero-order valence-corrected chi connectivity index (χ0v) is 15.3. The van der Waals surface area contributed by atoms with Crippen molar-refractivity contribution in [2.24, 2.45) is 0 Å². The SMILES string of the molecule is CCc1noc(COC2CN(C(=O)C3Cc4cc(C)c(C)cc4O3)C2)n1. The van der Waals surface area contributed by atoms with Crippen LogP contribution in [0.1, 0.15) is 35.3 Å². The van der Waals surface area contributed by atoms with Crippen LogP contribution in [0.3, 0.4) is 0 Å². The Hall–Kier alpha value is -2.41. The van der Waals surface area contributed by atoms with Gasteiger partial charge in [-0.3, -0.25) is 4.79 Å². The molecule has 2 aliphatic heterocycles. The summed E-state index contributed by atoms with van der Waals surface area (Å²) in [5.41, 5.74) is 3.52. The molecule has 26 heavy (non-hydrogen) atoms. The van der Waals surface area contributed by atoms with Gasteiger partial charge in [0.05, 0.1) is 6.10 Å². The molecule has 3 heterocycles. The molecule has 2 aliphatic rings. The van der Waals surface area contributed by atoms with Gasteiger partial charge in [0.1, 0.15) is 12.4 Å². The van der Waals surface area contributed by atoms with Crippen molar-refractivity contribution >= 4 is 5.91 Å². The minimum Gasteiger partial charge on any atom is -0.480 e. The molecule has 7 nitrogen and oxygen atoms in total. The lowest BCUT2D eigenvalue weighted by molar-refractivity contribution is -0.153. The first kappa shape index (κ1) is 17.0. The lowest BCUT2D eigenvalue weighted by atomic mass is 10.0. The van der Waals surface area contributed by atoms with E-state index in [1.54, 1.807) is 4.90 Å². The van der Waals surface area contributed by atoms with Gasteiger partial charge in [0.15, 0.2) is 11.9 Å². The number of fused-ring (bicyclic) bond motifs is 1. The van der Waals surface area contributed by atoms with Crippen LogP contribution in [0.4, 0.5) is 0 Å². The first-order valence-corrected chi connectivity index (χ1v) is 9.02. The van der Waals surface area contributed by atoms with E-state index in [0.717, 1.165) is 17.7 Å². The number of hydrogen-bond acceptors (Lipinski definition) is 6. The molecule has 0 aliphatic carbocycles. The number of amides is 1. The van der Waals surface area contributed by atoms with Gasteiger partial charge in [0, 0.05) is 25.9 Å². The molecule has 0 N–H and O–H groups in total. The molecule has 4 rings (SSSR count). The number of hydrogen-bond donors (Lipinski definition) is 0. The normalized spacial score (nSPS) is 19.2. The molecule has 1 atom stereocenters. The topological polar surface area (TPSA) is 77.7 Å². The summed E-state index contributed by atoms with van der Waals surface area (Å²) in [6.45, 7) is 7.53. The summed E-state index contributed by atoms with van der Waals surface area (Å²) in [5.74, 6) is 2.02. The van der Waals surface area contributed by atoms with E-state index in [1.165, 1.54) is 11.1 Å². The van der Waals surface area contributed by atoms with Crippen LogP contribution in [0.2, 0.25) is 0 Å². The second-order valence-corrected chi connectivity index (χ2v) is 6.99. The highest BCUT2D eigenvalue weighted by atomic mass is 16.5. The van der Waals surface area contributed by atoms with Gasteiger partial charge >= 0.3 is 0 Å². The lowest BCUT2D eigenvalue weighted by Crippen LogP contribution is -2.58. The van der Waals surface area contributed by atoms with Crippen molar-refractivity contribution in [1.29, 1.82) is 0 Å². The summed E-state index contributed by atoms with van der Waals surface area (Å²) >= 11 is 0. The Morgan fingerprint density at radius 1 is 1.31 bits per heavy atom. The van der Waals surface area contributed by atoms with Crippen molar-refractivity contribution in [3.8, 4) is 5.75 Å². The molecule has 1 aromatic carbocycles. The quantitative estimate of drug-likeness (QED) is 0.814. The molecular formula is C19H23N3O4. The predicted octanol–water partition coefficient (Wildman–Crippen LogP) is 1.98. The smallest absolute Gasteiger partial charge is 0.264 e. The number of rotatable bonds is 5. The van der Waals surface area contributed by atoms with E-state index in [2.05, 4.69) is 30.1 Å². The van der Waals surface area contributed by atoms with E-state index in [9.17, 15) is 4.79 Å². The zero-order chi connectivity index (χ0) is 18.3. The second-order valence-electron chi connectivity index (χ2n) is 6.99. The highest BCUT2D eigenvalue weighted by Crippen LogP contribution is 2.32. The van der Waals surface area contributed by atoms with Gasteiger partial charge in [-0.1, -0.05) is 18.1 Å². The number of ether oxygens (including phenoxy) is 2. The Bertz CT molecular complexity index is 795. The third-order valence-corrected chi connectivity index (χ3v) is 5.06. The standard InChI is InChI=1S/C19H23N3O4/c1-4-17-20-18(26-21-17)10-24-14-8-22(9-14)19(23)16-7-13-5-11(2)12(3)6-15(13)25-16/h5-6,14,16H,4,7-10H2,1-3H3. The molecule has 1 fully saturated rings. The Labute approximate surface area is 152 Å². The average Bonchev–Trinajstić information content (AvgIpc) is 3.20. The van der Waals surface area contributed by atoms with Crippen LogP contribution in [0.15, 0.2) is 16.7 Å². The number of benzene rings is 1. The fourth-order valence-electron chi connectivity index (χ4n) is 3.26. The van der Waals surface area contributed by atoms with Crippen LogP contribution >= 0.6 is 0 Å². The first-order chi connectivity index (χ1) is 12.5. The number of nitrogens with zero attached hydrogens (tertiary/aromatic N) is 3. The molecule has 0 saturated carbocycles. The van der Waals surface area contributed by atoms with Gasteiger partial charge in [-0.25, -0.2) is 0 Å². The number of aromatic nitrogens is 2. The van der Waals surface area contributed by atoms with Crippen molar-refractivity contribution in [3.05, 3.63) is 40.5 Å². The fraction of sp³-hybridized carbons (Fsp3) is 0.526. The molecule has 0 radical (unpaired) electrons. The van der Waals surface area contributed by atoms with Crippen LogP contribution in [0.5, 0.6) is 5.75 Å². The van der Waals surface area contributed by atoms with Gasteiger partial charge in [-0.15, -0.1) is 0 Å². The maximum absolute atomic E-state index is 12.6. The van der Waals surface area contributed by atoms with Crippen molar-refractivity contribution < 1.29 is 18.8 Å². The number of carbonyl (C=O) groups excluding carboxylic acids is 1. The molecular weight excluding hydrogens is 334 g/mol. The van der Waals surface area contributed by atoms with Crippen molar-refractivity contribution in [2.75, 3.05) is 13.1 Å². The molecule has 7 heteroatoms. The summed E-state index contributed by atoms with van der Waals surface area (Å²) in [7, 11) is 0. The van der Waals surface area contributed by atoms with E-state index in [-0.39, 0.29) is 18.6 Å². The minimum atomic E-state index is -0.421. The van der Waals surface area contributed by atoms with E-state index in [1.807, 2.05) is 13.0 Å². The number of likely N-dealkylation sites (tertiary alicyclic amines) is 1. The fourth-order valence-corrected chi connectivity index (χ4v) is 3.26. The second kappa shape index (κ2) is 6.72. The molecule has 1 unspecified atom stereocenters. The Kier molecular flexibility index (Phi) is 4.40. The first-order valence-electron chi connectivity index (χ1n) is 9.02. The third kappa shape index (κ3) is 3.19. The van der Waals surface area contributed by atoms with E-state index < -0.39 is 6.10 Å². The molecule has 1 amide bonds. The predicted molar refractivity (Wildman–Crippen MR) is 92.9 cm³/mol. The van der Waals surface area contributed by atoms with Crippen LogP contribution in [0, 0.1) is 13.8 Å². The monoisotopic (exact) mass is 357 g/mol. The summed E-state index contributed by atoms with van der Waals surface area (Å²) < 4.78 is 16.7. The molecule has 0 spiro atoms. The van der Waals surface area contributed by atoms with Crippen LogP contribution in [-0.2, 0) is 29.0 Å². The summed E-state index contributed by atoms with van der Waals surface area (Å²) in [6.07, 6.45) is 0.955. The van der Waals surface area contributed by atoms with Crippen LogP contribution in [0.25, 0.3) is 0 Å². The summed E-state index contributed by atoms with van der Waals surface area (Å²) in [6, 6.07) is 4.14. The van der Waals surface area contributed by atoms with Crippen molar-refractivity contribution in [2.45, 2.75) is 52.4 Å². The molecule has 2 aromatic rings. The summed E-state index contributed by atoms with van der Waals surface area (Å²) in [5, 5.41) is 3.84. The van der Waals surface area contributed by atoms with E-state index in [4.69, 9.17) is 14.0 Å². The minimum absolute atomic E-state index is 0.00388. The Morgan fingerprint density at radius 2 is 2.08 bits per heavy atom. The molecule has 0 bridgehead atoms. The number of carbonyl (C=O) groups is 1.